The third-order valence-corrected chi connectivity index (χ3v) is 11.6. The molecule has 2 saturated carbocycles. The fourth-order valence-electron chi connectivity index (χ4n) is 8.67. The molecule has 1 spiro atoms. The van der Waals surface area contributed by atoms with Crippen LogP contribution in [0.3, 0.4) is 0 Å². The number of imidazole rings is 1. The summed E-state index contributed by atoms with van der Waals surface area (Å²) in [4.78, 5) is 39.2. The molecule has 2 aliphatic carbocycles. The third-order valence-electron chi connectivity index (χ3n) is 11.6. The van der Waals surface area contributed by atoms with Gasteiger partial charge in [-0.05, 0) is 67.4 Å². The van der Waals surface area contributed by atoms with E-state index in [2.05, 4.69) is 33.3 Å². The second-order valence-electron chi connectivity index (χ2n) is 14.4. The first-order valence-corrected chi connectivity index (χ1v) is 16.5. The normalized spacial score (nSPS) is 36.2. The smallest absolute Gasteiger partial charge is 0.343 e. The fourth-order valence-corrected chi connectivity index (χ4v) is 8.67. The van der Waals surface area contributed by atoms with Gasteiger partial charge in [-0.1, -0.05) is 32.1 Å². The number of aryl methyl sites for hydroxylation is 1. The maximum Gasteiger partial charge on any atom is 0.343 e. The molecule has 1 aromatic carbocycles. The Morgan fingerprint density at radius 2 is 2.11 bits per heavy atom. The summed E-state index contributed by atoms with van der Waals surface area (Å²) in [6.07, 6.45) is 12.3. The van der Waals surface area contributed by atoms with Crippen LogP contribution in [-0.4, -0.2) is 87.1 Å². The monoisotopic (exact) mass is 641 g/mol. The van der Waals surface area contributed by atoms with Gasteiger partial charge in [0.25, 0.3) is 0 Å². The molecule has 5 aliphatic rings. The Balaban J connectivity index is 1.18. The third kappa shape index (κ3) is 5.43. The number of ether oxygens (including phenoxy) is 2. The summed E-state index contributed by atoms with van der Waals surface area (Å²) in [6, 6.07) is 5.21. The predicted octanol–water partition coefficient (Wildman–Crippen LogP) is 3.31. The van der Waals surface area contributed by atoms with E-state index in [9.17, 15) is 19.8 Å². The molecule has 1 saturated heterocycles. The van der Waals surface area contributed by atoms with Crippen molar-refractivity contribution in [2.75, 3.05) is 19.8 Å². The summed E-state index contributed by atoms with van der Waals surface area (Å²) in [6.45, 7) is 6.89. The van der Waals surface area contributed by atoms with Crippen LogP contribution in [0, 0.1) is 22.7 Å². The number of Topliss-reactive ketones (excluding diaryl/α,β-unsaturated/α-hetero) is 1. The van der Waals surface area contributed by atoms with Gasteiger partial charge in [-0.25, -0.2) is 14.8 Å². The number of hydrogen-bond acceptors (Lipinski definition) is 10. The summed E-state index contributed by atoms with van der Waals surface area (Å²) >= 11 is 0. The largest absolute Gasteiger partial charge is 0.423 e. The molecule has 0 radical (unpaired) electrons. The van der Waals surface area contributed by atoms with Crippen LogP contribution in [0.25, 0.3) is 17.1 Å². The second-order valence-corrected chi connectivity index (χ2v) is 14.4. The zero-order valence-corrected chi connectivity index (χ0v) is 27.3. The minimum atomic E-state index is -0.744. The number of nitrogens with zero attached hydrogens (tertiary/aromatic N) is 4. The van der Waals surface area contributed by atoms with Gasteiger partial charge in [0.2, 0.25) is 0 Å². The van der Waals surface area contributed by atoms with Crippen molar-refractivity contribution in [1.82, 2.24) is 14.9 Å². The highest BCUT2D eigenvalue weighted by Gasteiger charge is 2.70. The van der Waals surface area contributed by atoms with Crippen molar-refractivity contribution in [3.05, 3.63) is 59.7 Å². The molecule has 0 bridgehead atoms. The van der Waals surface area contributed by atoms with Crippen LogP contribution in [0.4, 0.5) is 0 Å². The van der Waals surface area contributed by atoms with Crippen molar-refractivity contribution >= 4 is 40.9 Å². The molecule has 4 heterocycles. The molecule has 3 N–H and O–H groups in total. The molecule has 248 valence electrons. The minimum Gasteiger partial charge on any atom is -0.423 e. The standard InChI is InChI=1S/C36H43N5O6/c1-21(27(43)16-32-37-11-12-38-32)40-30-17-29-34(2,10-9-31(44)35(29,3)18-42)28(36(30)19-46-36)8-6-23-15-24(47-33(23)45)13-22-5-7-26-25(14-22)39-20-41(26)4/h5-8,11,13-15,20-21,28-31,40,42,44H,9-10,12,16-19H2,1-4H3/b8-6+,24-13+/t21?,28?,29?,30?,31-,34-,35+,36?/m1/s1. The lowest BCUT2D eigenvalue weighted by molar-refractivity contribution is -0.174. The molecule has 3 fully saturated rings. The van der Waals surface area contributed by atoms with Gasteiger partial charge >= 0.3 is 5.97 Å². The number of aliphatic imine (C=N–C) groups is 2. The number of rotatable bonds is 9. The maximum absolute atomic E-state index is 13.2. The van der Waals surface area contributed by atoms with Gasteiger partial charge in [0.05, 0.1) is 61.3 Å². The van der Waals surface area contributed by atoms with E-state index in [0.29, 0.717) is 43.2 Å². The van der Waals surface area contributed by atoms with Crippen LogP contribution < -0.4 is 5.32 Å². The minimum absolute atomic E-state index is 0.00649. The van der Waals surface area contributed by atoms with E-state index < -0.39 is 29.1 Å². The molecule has 47 heavy (non-hydrogen) atoms. The van der Waals surface area contributed by atoms with E-state index in [1.807, 2.05) is 55.8 Å². The Bertz CT molecular complexity index is 1770. The molecule has 3 aliphatic heterocycles. The van der Waals surface area contributed by atoms with Crippen LogP contribution in [0.2, 0.25) is 0 Å². The molecule has 7 rings (SSSR count). The van der Waals surface area contributed by atoms with Crippen molar-refractivity contribution in [3.8, 4) is 0 Å². The van der Waals surface area contributed by atoms with Crippen molar-refractivity contribution in [2.45, 2.75) is 70.2 Å². The lowest BCUT2D eigenvalue weighted by atomic mass is 9.44. The zero-order valence-electron chi connectivity index (χ0n) is 27.3. The average molecular weight is 642 g/mol. The molecule has 5 unspecified atom stereocenters. The van der Waals surface area contributed by atoms with Crippen LogP contribution in [0.1, 0.15) is 52.0 Å². The SMILES string of the molecule is CC(NC1CC2[C@](C)(CC[C@@H](O)[C@@]2(C)CO)C(/C=C/C2=CC(=C\c3ccc4c(c3)ncn4C)/OC2=O)C12CO2)C(=O)CC1=NCC=N1. The quantitative estimate of drug-likeness (QED) is 0.279. The molecule has 11 nitrogen and oxygen atoms in total. The van der Waals surface area contributed by atoms with Gasteiger partial charge in [-0.3, -0.25) is 9.79 Å². The van der Waals surface area contributed by atoms with E-state index in [1.165, 1.54) is 0 Å². The number of aromatic nitrogens is 2. The number of ketones is 1. The molecule has 2 aromatic rings. The number of aliphatic hydroxyl groups excluding tert-OH is 2. The number of fused-ring (bicyclic) bond motifs is 2. The zero-order chi connectivity index (χ0) is 33.1. The summed E-state index contributed by atoms with van der Waals surface area (Å²) < 4.78 is 13.9. The number of nitrogens with one attached hydrogen (secondary N) is 1. The van der Waals surface area contributed by atoms with Crippen LogP contribution >= 0.6 is 0 Å². The molecular formula is C36H43N5O6. The Morgan fingerprint density at radius 1 is 1.30 bits per heavy atom. The number of esters is 1. The topological polar surface area (TPSA) is 151 Å². The number of cyclic esters (lactones) is 1. The molecule has 0 amide bonds. The average Bonchev–Trinajstić information content (AvgIpc) is 3.30. The van der Waals surface area contributed by atoms with Crippen molar-refractivity contribution in [1.29, 1.82) is 0 Å². The Morgan fingerprint density at radius 3 is 2.83 bits per heavy atom. The molecular weight excluding hydrogens is 598 g/mol. The number of aliphatic hydroxyl groups is 2. The van der Waals surface area contributed by atoms with Crippen LogP contribution in [0.15, 0.2) is 64.1 Å². The number of benzene rings is 1. The highest BCUT2D eigenvalue weighted by molar-refractivity contribution is 6.07. The van der Waals surface area contributed by atoms with Gasteiger partial charge in [0.1, 0.15) is 17.2 Å². The number of hydrogen-bond donors (Lipinski definition) is 3. The highest BCUT2D eigenvalue weighted by Crippen LogP contribution is 2.65. The van der Waals surface area contributed by atoms with E-state index in [1.54, 1.807) is 18.6 Å². The molecule has 8 atom stereocenters. The molecule has 11 heteroatoms. The first kappa shape index (κ1) is 31.8. The summed E-state index contributed by atoms with van der Waals surface area (Å²) in [7, 11) is 1.94. The van der Waals surface area contributed by atoms with Gasteiger partial charge in [0, 0.05) is 30.6 Å². The predicted molar refractivity (Wildman–Crippen MR) is 178 cm³/mol. The van der Waals surface area contributed by atoms with Crippen molar-refractivity contribution < 1.29 is 29.3 Å². The van der Waals surface area contributed by atoms with Crippen LogP contribution in [-0.2, 0) is 26.1 Å². The van der Waals surface area contributed by atoms with E-state index in [4.69, 9.17) is 9.47 Å². The van der Waals surface area contributed by atoms with E-state index in [-0.39, 0.29) is 42.1 Å². The Hall–Kier alpha value is -3.77. The number of carbonyl (C=O) groups is 2. The van der Waals surface area contributed by atoms with Crippen LogP contribution in [0.5, 0.6) is 0 Å². The number of carbonyl (C=O) groups excluding carboxylic acids is 2. The summed E-state index contributed by atoms with van der Waals surface area (Å²) in [5.41, 5.74) is 1.50. The Labute approximate surface area is 274 Å². The van der Waals surface area contributed by atoms with Crippen molar-refractivity contribution in [3.63, 3.8) is 0 Å². The second kappa shape index (κ2) is 11.7. The van der Waals surface area contributed by atoms with Gasteiger partial charge in [-0.15, -0.1) is 0 Å². The van der Waals surface area contributed by atoms with Gasteiger partial charge < -0.3 is 29.6 Å². The first-order chi connectivity index (χ1) is 22.5. The summed E-state index contributed by atoms with van der Waals surface area (Å²) in [5.74, 6) is 0.311. The lowest BCUT2D eigenvalue weighted by Crippen LogP contribution is -2.67. The highest BCUT2D eigenvalue weighted by atomic mass is 16.6. The lowest BCUT2D eigenvalue weighted by Gasteiger charge is -2.62. The van der Waals surface area contributed by atoms with Crippen molar-refractivity contribution in [2.24, 2.45) is 39.7 Å². The number of amidine groups is 1. The van der Waals surface area contributed by atoms with E-state index >= 15 is 0 Å². The fraction of sp³-hybridized carbons (Fsp3) is 0.528. The Kier molecular flexibility index (Phi) is 7.94. The van der Waals surface area contributed by atoms with E-state index in [0.717, 1.165) is 23.0 Å². The number of allylic oxidation sites excluding steroid dienone is 1. The summed E-state index contributed by atoms with van der Waals surface area (Å²) in [5, 5.41) is 25.4. The first-order valence-electron chi connectivity index (χ1n) is 16.5. The number of epoxide rings is 1. The van der Waals surface area contributed by atoms with Gasteiger partial charge in [-0.2, -0.15) is 0 Å². The maximum atomic E-state index is 13.2. The van der Waals surface area contributed by atoms with Gasteiger partial charge in [0.15, 0.2) is 5.78 Å². The molecule has 1 aromatic heterocycles.